The molecule has 1 aliphatic rings. The van der Waals surface area contributed by atoms with Crippen molar-refractivity contribution in [3.8, 4) is 0 Å². The van der Waals surface area contributed by atoms with E-state index < -0.39 is 0 Å². The molecule has 4 rings (SSSR count). The summed E-state index contributed by atoms with van der Waals surface area (Å²) < 4.78 is 0. The Balaban J connectivity index is 1.28. The minimum Gasteiger partial charge on any atom is -0.356 e. The van der Waals surface area contributed by atoms with Gasteiger partial charge in [0.05, 0.1) is 11.2 Å². The van der Waals surface area contributed by atoms with Gasteiger partial charge in [0, 0.05) is 44.3 Å². The van der Waals surface area contributed by atoms with Crippen molar-refractivity contribution in [2.45, 2.75) is 32.2 Å². The van der Waals surface area contributed by atoms with Gasteiger partial charge in [-0.15, -0.1) is 0 Å². The quantitative estimate of drug-likeness (QED) is 0.659. The maximum Gasteiger partial charge on any atom is 0.224 e. The predicted octanol–water partition coefficient (Wildman–Crippen LogP) is 3.95. The number of pyridine rings is 1. The Kier molecular flexibility index (Phi) is 6.52. The second-order valence-corrected chi connectivity index (χ2v) is 7.80. The minimum absolute atomic E-state index is 0.712. The Hall–Kier alpha value is -2.73. The highest BCUT2D eigenvalue weighted by Crippen LogP contribution is 2.18. The van der Waals surface area contributed by atoms with Gasteiger partial charge in [0.2, 0.25) is 5.95 Å². The van der Waals surface area contributed by atoms with Gasteiger partial charge in [-0.05, 0) is 38.1 Å². The van der Waals surface area contributed by atoms with Crippen LogP contribution in [0.15, 0.2) is 48.7 Å². The van der Waals surface area contributed by atoms with Gasteiger partial charge in [0.1, 0.15) is 5.82 Å². The third kappa shape index (κ3) is 5.41. The van der Waals surface area contributed by atoms with E-state index >= 15 is 0 Å². The van der Waals surface area contributed by atoms with Gasteiger partial charge in [-0.25, -0.2) is 4.98 Å². The second-order valence-electron chi connectivity index (χ2n) is 7.80. The Labute approximate surface area is 173 Å². The van der Waals surface area contributed by atoms with Gasteiger partial charge in [-0.3, -0.25) is 9.88 Å². The van der Waals surface area contributed by atoms with Crippen LogP contribution < -0.4 is 10.2 Å². The van der Waals surface area contributed by atoms with Crippen LogP contribution in [-0.2, 0) is 6.54 Å². The van der Waals surface area contributed by atoms with Crippen LogP contribution in [0.25, 0.3) is 10.9 Å². The lowest BCUT2D eigenvalue weighted by Gasteiger charge is -2.22. The summed E-state index contributed by atoms with van der Waals surface area (Å²) >= 11 is 0. The lowest BCUT2D eigenvalue weighted by atomic mass is 10.2. The zero-order chi connectivity index (χ0) is 19.9. The molecule has 6 heteroatoms. The minimum atomic E-state index is 0.712. The summed E-state index contributed by atoms with van der Waals surface area (Å²) in [6.07, 6.45) is 7.01. The van der Waals surface area contributed by atoms with E-state index in [0.29, 0.717) is 5.95 Å². The molecular formula is C23H30N6. The summed E-state index contributed by atoms with van der Waals surface area (Å²) in [5, 5.41) is 4.56. The monoisotopic (exact) mass is 390 g/mol. The molecule has 1 aromatic carbocycles. The smallest absolute Gasteiger partial charge is 0.224 e. The normalized spacial score (nSPS) is 14.9. The Morgan fingerprint density at radius 3 is 2.66 bits per heavy atom. The lowest BCUT2D eigenvalue weighted by Crippen LogP contribution is -2.27. The molecular weight excluding hydrogens is 360 g/mol. The molecule has 0 saturated carbocycles. The number of nitrogens with one attached hydrogen (secondary N) is 1. The first-order chi connectivity index (χ1) is 14.3. The fourth-order valence-electron chi connectivity index (χ4n) is 3.82. The van der Waals surface area contributed by atoms with Gasteiger partial charge < -0.3 is 10.2 Å². The highest BCUT2D eigenvalue weighted by atomic mass is 15.2. The maximum atomic E-state index is 4.76. The zero-order valence-corrected chi connectivity index (χ0v) is 17.2. The molecule has 3 aromatic rings. The number of hydrogen-bond donors (Lipinski definition) is 1. The predicted molar refractivity (Wildman–Crippen MR) is 119 cm³/mol. The Bertz CT molecular complexity index is 920. The molecule has 29 heavy (non-hydrogen) atoms. The first-order valence-corrected chi connectivity index (χ1v) is 10.6. The van der Waals surface area contributed by atoms with Crippen LogP contribution in [0.3, 0.4) is 0 Å². The standard InChI is InChI=1S/C23H30N6/c1-28(18-20-11-10-19-8-4-5-9-21(19)26-20)17-14-25-23-24-13-12-22(27-23)29-15-6-2-3-7-16-29/h4-5,8-13H,2-3,6-7,14-18H2,1H3,(H,24,25,27). The first-order valence-electron chi connectivity index (χ1n) is 10.6. The maximum absolute atomic E-state index is 4.76. The molecule has 2 aromatic heterocycles. The topological polar surface area (TPSA) is 57.2 Å². The number of hydrogen-bond acceptors (Lipinski definition) is 6. The van der Waals surface area contributed by atoms with Gasteiger partial charge in [0.15, 0.2) is 0 Å². The van der Waals surface area contributed by atoms with Gasteiger partial charge in [-0.1, -0.05) is 37.1 Å². The fourth-order valence-corrected chi connectivity index (χ4v) is 3.82. The molecule has 3 heterocycles. The summed E-state index contributed by atoms with van der Waals surface area (Å²) in [6.45, 7) is 4.70. The van der Waals surface area contributed by atoms with E-state index in [4.69, 9.17) is 9.97 Å². The first kappa shape index (κ1) is 19.6. The molecule has 0 amide bonds. The number of rotatable bonds is 7. The molecule has 1 N–H and O–H groups in total. The van der Waals surface area contributed by atoms with Gasteiger partial charge in [-0.2, -0.15) is 4.98 Å². The van der Waals surface area contributed by atoms with E-state index in [1.165, 1.54) is 31.1 Å². The van der Waals surface area contributed by atoms with Crippen molar-refractivity contribution in [3.05, 3.63) is 54.4 Å². The fraction of sp³-hybridized carbons (Fsp3) is 0.435. The van der Waals surface area contributed by atoms with Crippen LogP contribution in [0.5, 0.6) is 0 Å². The lowest BCUT2D eigenvalue weighted by molar-refractivity contribution is 0.336. The molecule has 152 valence electrons. The molecule has 1 fully saturated rings. The zero-order valence-electron chi connectivity index (χ0n) is 17.2. The number of anilines is 2. The molecule has 0 aliphatic carbocycles. The van der Waals surface area contributed by atoms with E-state index in [1.54, 1.807) is 0 Å². The number of para-hydroxylation sites is 1. The highest BCUT2D eigenvalue weighted by molar-refractivity contribution is 5.78. The molecule has 1 aliphatic heterocycles. The van der Waals surface area contributed by atoms with Crippen molar-refractivity contribution in [2.24, 2.45) is 0 Å². The molecule has 0 spiro atoms. The van der Waals surface area contributed by atoms with E-state index in [9.17, 15) is 0 Å². The summed E-state index contributed by atoms with van der Waals surface area (Å²) in [5.41, 5.74) is 2.14. The van der Waals surface area contributed by atoms with Gasteiger partial charge in [0.25, 0.3) is 0 Å². The summed E-state index contributed by atoms with van der Waals surface area (Å²) in [7, 11) is 2.12. The van der Waals surface area contributed by atoms with Gasteiger partial charge >= 0.3 is 0 Å². The summed E-state index contributed by atoms with van der Waals surface area (Å²) in [5.74, 6) is 1.75. The van der Waals surface area contributed by atoms with Crippen LogP contribution in [0.4, 0.5) is 11.8 Å². The van der Waals surface area contributed by atoms with Crippen LogP contribution in [0, 0.1) is 0 Å². The Morgan fingerprint density at radius 2 is 1.79 bits per heavy atom. The number of nitrogens with zero attached hydrogens (tertiary/aromatic N) is 5. The van der Waals surface area contributed by atoms with E-state index in [-0.39, 0.29) is 0 Å². The second kappa shape index (κ2) is 9.65. The average Bonchev–Trinajstić information content (AvgIpc) is 3.03. The number of benzene rings is 1. The summed E-state index contributed by atoms with van der Waals surface area (Å²) in [4.78, 5) is 18.5. The number of fused-ring (bicyclic) bond motifs is 1. The van der Waals surface area contributed by atoms with Crippen molar-refractivity contribution < 1.29 is 0 Å². The summed E-state index contributed by atoms with van der Waals surface area (Å²) in [6, 6.07) is 14.5. The number of aromatic nitrogens is 3. The van der Waals surface area contributed by atoms with Crippen LogP contribution in [-0.4, -0.2) is 53.1 Å². The van der Waals surface area contributed by atoms with E-state index in [1.807, 2.05) is 24.4 Å². The molecule has 0 bridgehead atoms. The average molecular weight is 391 g/mol. The van der Waals surface area contributed by atoms with E-state index in [0.717, 1.165) is 49.8 Å². The molecule has 0 unspecified atom stereocenters. The molecule has 0 radical (unpaired) electrons. The highest BCUT2D eigenvalue weighted by Gasteiger charge is 2.12. The van der Waals surface area contributed by atoms with Crippen molar-refractivity contribution in [1.29, 1.82) is 0 Å². The molecule has 0 atom stereocenters. The van der Waals surface area contributed by atoms with Crippen molar-refractivity contribution in [1.82, 2.24) is 19.9 Å². The van der Waals surface area contributed by atoms with Crippen molar-refractivity contribution in [2.75, 3.05) is 43.4 Å². The largest absolute Gasteiger partial charge is 0.356 e. The van der Waals surface area contributed by atoms with Crippen molar-refractivity contribution in [3.63, 3.8) is 0 Å². The van der Waals surface area contributed by atoms with Crippen molar-refractivity contribution >= 4 is 22.7 Å². The van der Waals surface area contributed by atoms with E-state index in [2.05, 4.69) is 51.4 Å². The Morgan fingerprint density at radius 1 is 0.966 bits per heavy atom. The molecule has 6 nitrogen and oxygen atoms in total. The van der Waals surface area contributed by atoms with Crippen LogP contribution in [0.2, 0.25) is 0 Å². The SMILES string of the molecule is CN(CCNc1nccc(N2CCCCCC2)n1)Cc1ccc2ccccc2n1. The molecule has 1 saturated heterocycles. The number of likely N-dealkylation sites (N-methyl/N-ethyl adjacent to an activating group) is 1. The van der Waals surface area contributed by atoms with Crippen LogP contribution in [0.1, 0.15) is 31.4 Å². The van der Waals surface area contributed by atoms with Crippen LogP contribution >= 0.6 is 0 Å². The third-order valence-corrected chi connectivity index (χ3v) is 5.44. The third-order valence-electron chi connectivity index (χ3n) is 5.44.